The van der Waals surface area contributed by atoms with Crippen molar-refractivity contribution in [3.63, 3.8) is 0 Å². The van der Waals surface area contributed by atoms with Crippen LogP contribution in [0.4, 0.5) is 0 Å². The van der Waals surface area contributed by atoms with E-state index in [0.717, 1.165) is 0 Å². The van der Waals surface area contributed by atoms with Crippen LogP contribution in [0.25, 0.3) is 0 Å². The van der Waals surface area contributed by atoms with E-state index in [1.54, 1.807) is 20.8 Å². The first kappa shape index (κ1) is 12.5. The van der Waals surface area contributed by atoms with Crippen molar-refractivity contribution >= 4 is 11.9 Å². The first-order valence-corrected chi connectivity index (χ1v) is 5.63. The lowest BCUT2D eigenvalue weighted by atomic mass is 10.1. The standard InChI is InChI=1S/C11H15N3O4/c1-5-13-6(14-18-5)4-12-9(15)7-8(10(16)17)11(7,2)3/h7-8H,4H2,1-3H3,(H,12,15)(H,16,17)/t7-,8+/m1/s1. The molecule has 7 nitrogen and oxygen atoms in total. The van der Waals surface area contributed by atoms with Crippen LogP contribution in [0.5, 0.6) is 0 Å². The molecule has 2 N–H and O–H groups in total. The summed E-state index contributed by atoms with van der Waals surface area (Å²) >= 11 is 0. The van der Waals surface area contributed by atoms with Gasteiger partial charge in [0.25, 0.3) is 0 Å². The summed E-state index contributed by atoms with van der Waals surface area (Å²) in [6.07, 6.45) is 0. The van der Waals surface area contributed by atoms with Crippen LogP contribution in [0.1, 0.15) is 25.6 Å². The maximum absolute atomic E-state index is 11.9. The predicted molar refractivity (Wildman–Crippen MR) is 59.3 cm³/mol. The Bertz CT molecular complexity index is 494. The molecule has 18 heavy (non-hydrogen) atoms. The average molecular weight is 253 g/mol. The van der Waals surface area contributed by atoms with Gasteiger partial charge in [0.15, 0.2) is 5.82 Å². The fraction of sp³-hybridized carbons (Fsp3) is 0.636. The number of nitrogens with one attached hydrogen (secondary N) is 1. The van der Waals surface area contributed by atoms with Gasteiger partial charge in [0.1, 0.15) is 0 Å². The average Bonchev–Trinajstić information content (AvgIpc) is 2.63. The Morgan fingerprint density at radius 3 is 2.56 bits per heavy atom. The molecule has 2 rings (SSSR count). The Morgan fingerprint density at radius 2 is 2.11 bits per heavy atom. The third kappa shape index (κ3) is 2.07. The van der Waals surface area contributed by atoms with Gasteiger partial charge in [0, 0.05) is 6.92 Å². The number of hydrogen-bond donors (Lipinski definition) is 2. The van der Waals surface area contributed by atoms with Crippen LogP contribution < -0.4 is 5.32 Å². The molecule has 1 aliphatic carbocycles. The van der Waals surface area contributed by atoms with Gasteiger partial charge < -0.3 is 14.9 Å². The molecule has 1 saturated carbocycles. The lowest BCUT2D eigenvalue weighted by molar-refractivity contribution is -0.140. The van der Waals surface area contributed by atoms with E-state index in [1.165, 1.54) is 0 Å². The molecule has 1 aromatic heterocycles. The normalized spacial score (nSPS) is 24.6. The lowest BCUT2D eigenvalue weighted by Gasteiger charge is -2.02. The summed E-state index contributed by atoms with van der Waals surface area (Å²) in [4.78, 5) is 26.7. The maximum Gasteiger partial charge on any atom is 0.307 e. The minimum atomic E-state index is -0.935. The molecule has 98 valence electrons. The quantitative estimate of drug-likeness (QED) is 0.802. The summed E-state index contributed by atoms with van der Waals surface area (Å²) in [7, 11) is 0. The molecular formula is C11H15N3O4. The number of nitrogens with zero attached hydrogens (tertiary/aromatic N) is 2. The molecule has 2 atom stereocenters. The number of carboxylic acids is 1. The van der Waals surface area contributed by atoms with Gasteiger partial charge in [-0.1, -0.05) is 19.0 Å². The highest BCUT2D eigenvalue weighted by Crippen LogP contribution is 2.58. The van der Waals surface area contributed by atoms with E-state index < -0.39 is 23.2 Å². The Kier molecular flexibility index (Phi) is 2.84. The van der Waals surface area contributed by atoms with Crippen LogP contribution in [0.3, 0.4) is 0 Å². The number of hydrogen-bond acceptors (Lipinski definition) is 5. The summed E-state index contributed by atoms with van der Waals surface area (Å²) in [5, 5.41) is 15.2. The molecule has 0 radical (unpaired) electrons. The van der Waals surface area contributed by atoms with Crippen molar-refractivity contribution in [2.75, 3.05) is 0 Å². The molecule has 1 fully saturated rings. The minimum absolute atomic E-state index is 0.148. The van der Waals surface area contributed by atoms with Gasteiger partial charge in [-0.15, -0.1) is 0 Å². The number of aryl methyl sites for hydroxylation is 1. The van der Waals surface area contributed by atoms with Crippen LogP contribution in [0.15, 0.2) is 4.52 Å². The van der Waals surface area contributed by atoms with E-state index in [4.69, 9.17) is 9.63 Å². The molecule has 1 amide bonds. The van der Waals surface area contributed by atoms with E-state index in [9.17, 15) is 9.59 Å². The Labute approximate surface area is 104 Å². The lowest BCUT2D eigenvalue weighted by Crippen LogP contribution is -2.27. The number of amides is 1. The summed E-state index contributed by atoms with van der Waals surface area (Å²) in [6.45, 7) is 5.35. The molecule has 0 bridgehead atoms. The van der Waals surface area contributed by atoms with E-state index in [1.807, 2.05) is 0 Å². The zero-order valence-corrected chi connectivity index (χ0v) is 10.4. The minimum Gasteiger partial charge on any atom is -0.481 e. The molecular weight excluding hydrogens is 238 g/mol. The fourth-order valence-electron chi connectivity index (χ4n) is 2.28. The van der Waals surface area contributed by atoms with Crippen LogP contribution in [-0.2, 0) is 16.1 Å². The summed E-state index contributed by atoms with van der Waals surface area (Å²) < 4.78 is 4.77. The third-order valence-electron chi connectivity index (χ3n) is 3.37. The van der Waals surface area contributed by atoms with Gasteiger partial charge in [-0.3, -0.25) is 9.59 Å². The monoisotopic (exact) mass is 253 g/mol. The van der Waals surface area contributed by atoms with Crippen molar-refractivity contribution in [1.82, 2.24) is 15.5 Å². The number of aliphatic carboxylic acids is 1. The molecule has 1 aromatic rings. The van der Waals surface area contributed by atoms with Crippen LogP contribution in [0, 0.1) is 24.2 Å². The molecule has 1 aliphatic rings. The van der Waals surface area contributed by atoms with Crippen molar-refractivity contribution in [1.29, 1.82) is 0 Å². The maximum atomic E-state index is 11.9. The van der Waals surface area contributed by atoms with Gasteiger partial charge in [0.2, 0.25) is 11.8 Å². The van der Waals surface area contributed by atoms with E-state index in [0.29, 0.717) is 11.7 Å². The van der Waals surface area contributed by atoms with Crippen molar-refractivity contribution in [2.45, 2.75) is 27.3 Å². The van der Waals surface area contributed by atoms with Crippen molar-refractivity contribution in [3.05, 3.63) is 11.7 Å². The second-order valence-electron chi connectivity index (χ2n) is 5.06. The molecule has 0 aliphatic heterocycles. The van der Waals surface area contributed by atoms with E-state index in [2.05, 4.69) is 15.5 Å². The van der Waals surface area contributed by atoms with E-state index in [-0.39, 0.29) is 12.5 Å². The summed E-state index contributed by atoms with van der Waals surface area (Å²) in [5.41, 5.74) is -0.497. The van der Waals surface area contributed by atoms with Crippen molar-refractivity contribution in [2.24, 2.45) is 17.3 Å². The van der Waals surface area contributed by atoms with Gasteiger partial charge in [0.05, 0.1) is 18.4 Å². The van der Waals surface area contributed by atoms with Crippen LogP contribution in [-0.4, -0.2) is 27.1 Å². The molecule has 1 heterocycles. The molecule has 0 saturated heterocycles. The van der Waals surface area contributed by atoms with E-state index >= 15 is 0 Å². The van der Waals surface area contributed by atoms with Gasteiger partial charge in [-0.05, 0) is 5.41 Å². The first-order chi connectivity index (χ1) is 8.34. The number of carbonyl (C=O) groups is 2. The zero-order valence-electron chi connectivity index (χ0n) is 10.4. The number of carbonyl (C=O) groups excluding carboxylic acids is 1. The molecule has 0 spiro atoms. The predicted octanol–water partition coefficient (Wildman–Crippen LogP) is 0.351. The number of aromatic nitrogens is 2. The largest absolute Gasteiger partial charge is 0.481 e. The summed E-state index contributed by atoms with van der Waals surface area (Å²) in [6, 6.07) is 0. The third-order valence-corrected chi connectivity index (χ3v) is 3.37. The van der Waals surface area contributed by atoms with Gasteiger partial charge in [-0.25, -0.2) is 0 Å². The smallest absolute Gasteiger partial charge is 0.307 e. The second-order valence-corrected chi connectivity index (χ2v) is 5.06. The van der Waals surface area contributed by atoms with Gasteiger partial charge in [-0.2, -0.15) is 4.98 Å². The molecule has 7 heteroatoms. The molecule has 0 unspecified atom stereocenters. The topological polar surface area (TPSA) is 105 Å². The zero-order chi connectivity index (χ0) is 13.5. The highest BCUT2D eigenvalue weighted by Gasteiger charge is 2.65. The molecule has 0 aromatic carbocycles. The van der Waals surface area contributed by atoms with Crippen LogP contribution in [0.2, 0.25) is 0 Å². The Morgan fingerprint density at radius 1 is 1.44 bits per heavy atom. The highest BCUT2D eigenvalue weighted by atomic mass is 16.5. The van der Waals surface area contributed by atoms with Crippen LogP contribution >= 0.6 is 0 Å². The SMILES string of the molecule is Cc1nc(CNC(=O)[C@H]2[C@@H](C(=O)O)C2(C)C)no1. The number of rotatable bonds is 4. The number of carboxylic acid groups (broad SMARTS) is 1. The first-order valence-electron chi connectivity index (χ1n) is 5.63. The Hall–Kier alpha value is -1.92. The fourth-order valence-corrected chi connectivity index (χ4v) is 2.28. The summed E-state index contributed by atoms with van der Waals surface area (Å²) in [5.74, 6) is -1.53. The van der Waals surface area contributed by atoms with Gasteiger partial charge >= 0.3 is 5.97 Å². The second kappa shape index (κ2) is 4.08. The highest BCUT2D eigenvalue weighted by molar-refractivity contribution is 5.91. The Balaban J connectivity index is 1.92. The van der Waals surface area contributed by atoms with Crippen molar-refractivity contribution in [3.8, 4) is 0 Å². The van der Waals surface area contributed by atoms with Crippen molar-refractivity contribution < 1.29 is 19.2 Å².